The van der Waals surface area contributed by atoms with Crippen molar-refractivity contribution in [1.29, 1.82) is 0 Å². The van der Waals surface area contributed by atoms with Gasteiger partial charge in [0.1, 0.15) is 17.7 Å². The molecule has 4 nitrogen and oxygen atoms in total. The highest BCUT2D eigenvalue weighted by Crippen LogP contribution is 2.39. The monoisotopic (exact) mass is 291 g/mol. The maximum absolute atomic E-state index is 6.20. The Morgan fingerprint density at radius 2 is 2.05 bits per heavy atom. The lowest BCUT2D eigenvalue weighted by atomic mass is 9.71. The zero-order valence-corrected chi connectivity index (χ0v) is 14.1. The van der Waals surface area contributed by atoms with Crippen LogP contribution >= 0.6 is 0 Å². The van der Waals surface area contributed by atoms with Gasteiger partial charge in [-0.2, -0.15) is 4.98 Å². The molecule has 1 aliphatic carbocycles. The van der Waals surface area contributed by atoms with Crippen molar-refractivity contribution in [3.8, 4) is 5.88 Å². The Balaban J connectivity index is 2.12. The average Bonchev–Trinajstić information content (AvgIpc) is 2.36. The van der Waals surface area contributed by atoms with Gasteiger partial charge >= 0.3 is 0 Å². The molecule has 1 aromatic heterocycles. The van der Waals surface area contributed by atoms with Gasteiger partial charge in [0.15, 0.2) is 0 Å². The molecule has 2 rings (SSSR count). The van der Waals surface area contributed by atoms with Crippen molar-refractivity contribution in [1.82, 2.24) is 9.97 Å². The Hall–Kier alpha value is -1.32. The number of rotatable bonds is 5. The number of ether oxygens (including phenoxy) is 1. The van der Waals surface area contributed by atoms with Crippen LogP contribution in [0.5, 0.6) is 5.88 Å². The number of hydrogen-bond donors (Lipinski definition) is 1. The maximum atomic E-state index is 6.20. The van der Waals surface area contributed by atoms with Gasteiger partial charge in [-0.15, -0.1) is 0 Å². The highest BCUT2D eigenvalue weighted by Gasteiger charge is 2.33. The van der Waals surface area contributed by atoms with E-state index in [4.69, 9.17) is 4.74 Å². The number of aromatic nitrogens is 2. The molecule has 0 saturated heterocycles. The van der Waals surface area contributed by atoms with E-state index in [9.17, 15) is 0 Å². The number of nitrogens with zero attached hydrogens (tertiary/aromatic N) is 2. The van der Waals surface area contributed by atoms with Gasteiger partial charge in [-0.25, -0.2) is 4.98 Å². The van der Waals surface area contributed by atoms with Crippen LogP contribution in [-0.4, -0.2) is 22.6 Å². The molecule has 1 heterocycles. The van der Waals surface area contributed by atoms with Gasteiger partial charge in [0.2, 0.25) is 5.88 Å². The third-order valence-electron chi connectivity index (χ3n) is 4.06. The van der Waals surface area contributed by atoms with E-state index in [1.165, 1.54) is 6.42 Å². The summed E-state index contributed by atoms with van der Waals surface area (Å²) in [7, 11) is 0. The van der Waals surface area contributed by atoms with E-state index in [0.29, 0.717) is 17.2 Å². The Labute approximate surface area is 128 Å². The summed E-state index contributed by atoms with van der Waals surface area (Å²) >= 11 is 0. The van der Waals surface area contributed by atoms with Crippen LogP contribution in [-0.2, 0) is 6.42 Å². The number of hydrogen-bond acceptors (Lipinski definition) is 4. The van der Waals surface area contributed by atoms with Gasteiger partial charge in [-0.1, -0.05) is 27.7 Å². The van der Waals surface area contributed by atoms with Crippen LogP contribution in [0.25, 0.3) is 0 Å². The van der Waals surface area contributed by atoms with Crippen LogP contribution in [0, 0.1) is 11.3 Å². The summed E-state index contributed by atoms with van der Waals surface area (Å²) in [6, 6.07) is 1.93. The minimum Gasteiger partial charge on any atom is -0.474 e. The lowest BCUT2D eigenvalue weighted by Crippen LogP contribution is -2.34. The molecule has 21 heavy (non-hydrogen) atoms. The third-order valence-corrected chi connectivity index (χ3v) is 4.06. The van der Waals surface area contributed by atoms with Crippen LogP contribution in [0.2, 0.25) is 0 Å². The quantitative estimate of drug-likeness (QED) is 0.888. The van der Waals surface area contributed by atoms with Gasteiger partial charge in [0, 0.05) is 19.0 Å². The summed E-state index contributed by atoms with van der Waals surface area (Å²) in [5.74, 6) is 3.13. The fraction of sp³-hybridized carbons (Fsp3) is 0.765. The normalized spacial score (nSPS) is 24.6. The lowest BCUT2D eigenvalue weighted by molar-refractivity contribution is 0.0531. The number of aryl methyl sites for hydroxylation is 1. The van der Waals surface area contributed by atoms with Crippen molar-refractivity contribution < 1.29 is 4.74 Å². The Morgan fingerprint density at radius 3 is 2.67 bits per heavy atom. The molecule has 0 aliphatic heterocycles. The van der Waals surface area contributed by atoms with E-state index in [1.807, 2.05) is 6.07 Å². The largest absolute Gasteiger partial charge is 0.474 e. The molecule has 2 atom stereocenters. The Morgan fingerprint density at radius 1 is 1.29 bits per heavy atom. The number of anilines is 1. The Kier molecular flexibility index (Phi) is 5.07. The molecule has 1 N–H and O–H groups in total. The van der Waals surface area contributed by atoms with E-state index in [1.54, 1.807) is 0 Å². The van der Waals surface area contributed by atoms with E-state index in [0.717, 1.165) is 37.4 Å². The summed E-state index contributed by atoms with van der Waals surface area (Å²) in [6.45, 7) is 12.0. The molecule has 0 radical (unpaired) electrons. The standard InChI is InChI=1S/C17H29N3O/c1-6-14-19-15(18-7-2)9-16(20-14)21-13-8-12(3)10-17(4,5)11-13/h9,12-13H,6-8,10-11H2,1-5H3,(H,18,19,20). The van der Waals surface area contributed by atoms with Crippen molar-refractivity contribution in [2.24, 2.45) is 11.3 Å². The molecule has 1 aliphatic rings. The predicted octanol–water partition coefficient (Wildman–Crippen LogP) is 4.06. The summed E-state index contributed by atoms with van der Waals surface area (Å²) in [5, 5.41) is 3.25. The molecule has 2 unspecified atom stereocenters. The molecule has 0 aromatic carbocycles. The third kappa shape index (κ3) is 4.58. The van der Waals surface area contributed by atoms with Crippen molar-refractivity contribution in [3.05, 3.63) is 11.9 Å². The molecule has 0 amide bonds. The first-order valence-electron chi connectivity index (χ1n) is 8.20. The molecule has 0 spiro atoms. The topological polar surface area (TPSA) is 47.0 Å². The molecular weight excluding hydrogens is 262 g/mol. The van der Waals surface area contributed by atoms with E-state index in [2.05, 4.69) is 49.9 Å². The molecule has 0 bridgehead atoms. The zero-order valence-electron chi connectivity index (χ0n) is 14.1. The minimum absolute atomic E-state index is 0.262. The average molecular weight is 291 g/mol. The minimum atomic E-state index is 0.262. The second kappa shape index (κ2) is 6.63. The summed E-state index contributed by atoms with van der Waals surface area (Å²) < 4.78 is 6.20. The first kappa shape index (κ1) is 16.1. The molecule has 1 aromatic rings. The van der Waals surface area contributed by atoms with Crippen LogP contribution in [0.4, 0.5) is 5.82 Å². The van der Waals surface area contributed by atoms with Crippen molar-refractivity contribution in [2.75, 3.05) is 11.9 Å². The van der Waals surface area contributed by atoms with Crippen molar-refractivity contribution in [2.45, 2.75) is 66.4 Å². The van der Waals surface area contributed by atoms with E-state index in [-0.39, 0.29) is 6.10 Å². The van der Waals surface area contributed by atoms with Crippen LogP contribution < -0.4 is 10.1 Å². The smallest absolute Gasteiger partial charge is 0.218 e. The van der Waals surface area contributed by atoms with Crippen LogP contribution in [0.15, 0.2) is 6.07 Å². The summed E-state index contributed by atoms with van der Waals surface area (Å²) in [6.07, 6.45) is 4.57. The molecule has 1 fully saturated rings. The highest BCUT2D eigenvalue weighted by atomic mass is 16.5. The molecular formula is C17H29N3O. The number of nitrogens with one attached hydrogen (secondary N) is 1. The van der Waals surface area contributed by atoms with E-state index >= 15 is 0 Å². The predicted molar refractivity (Wildman–Crippen MR) is 86.8 cm³/mol. The van der Waals surface area contributed by atoms with Gasteiger partial charge in [-0.3, -0.25) is 0 Å². The van der Waals surface area contributed by atoms with E-state index < -0.39 is 0 Å². The summed E-state index contributed by atoms with van der Waals surface area (Å²) in [5.41, 5.74) is 0.355. The SMILES string of the molecule is CCNc1cc(OC2CC(C)CC(C)(C)C2)nc(CC)n1. The first-order valence-corrected chi connectivity index (χ1v) is 8.20. The maximum Gasteiger partial charge on any atom is 0.218 e. The van der Waals surface area contributed by atoms with Crippen molar-refractivity contribution in [3.63, 3.8) is 0 Å². The lowest BCUT2D eigenvalue weighted by Gasteiger charge is -2.38. The molecule has 118 valence electrons. The van der Waals surface area contributed by atoms with Gasteiger partial charge in [0.25, 0.3) is 0 Å². The fourth-order valence-electron chi connectivity index (χ4n) is 3.48. The Bertz CT molecular complexity index is 473. The zero-order chi connectivity index (χ0) is 15.5. The van der Waals surface area contributed by atoms with Gasteiger partial charge in [0.05, 0.1) is 0 Å². The first-order chi connectivity index (χ1) is 9.91. The highest BCUT2D eigenvalue weighted by molar-refractivity contribution is 5.38. The van der Waals surface area contributed by atoms with Crippen LogP contribution in [0.1, 0.15) is 59.7 Å². The summed E-state index contributed by atoms with van der Waals surface area (Å²) in [4.78, 5) is 9.00. The van der Waals surface area contributed by atoms with Gasteiger partial charge in [-0.05, 0) is 37.5 Å². The van der Waals surface area contributed by atoms with Crippen molar-refractivity contribution >= 4 is 5.82 Å². The second-order valence-corrected chi connectivity index (χ2v) is 7.04. The molecule has 1 saturated carbocycles. The second-order valence-electron chi connectivity index (χ2n) is 7.04. The van der Waals surface area contributed by atoms with Crippen LogP contribution in [0.3, 0.4) is 0 Å². The van der Waals surface area contributed by atoms with Gasteiger partial charge < -0.3 is 10.1 Å². The fourth-order valence-corrected chi connectivity index (χ4v) is 3.48. The molecule has 4 heteroatoms.